The summed E-state index contributed by atoms with van der Waals surface area (Å²) in [6.45, 7) is 5.18. The average Bonchev–Trinajstić information content (AvgIpc) is 3.04. The minimum Gasteiger partial charge on any atom is -0.352 e. The van der Waals surface area contributed by atoms with Gasteiger partial charge in [-0.25, -0.2) is 8.42 Å². The Morgan fingerprint density at radius 1 is 0.822 bits per heavy atom. The highest BCUT2D eigenvalue weighted by molar-refractivity contribution is 7.92. The van der Waals surface area contributed by atoms with Gasteiger partial charge in [0.1, 0.15) is 12.6 Å². The molecular formula is C35H37Cl2N3O4S. The van der Waals surface area contributed by atoms with Crippen LogP contribution in [0.2, 0.25) is 10.0 Å². The number of halogens is 2. The van der Waals surface area contributed by atoms with E-state index in [0.717, 1.165) is 15.4 Å². The number of aryl methyl sites for hydroxylation is 1. The van der Waals surface area contributed by atoms with Crippen LogP contribution in [0.4, 0.5) is 5.69 Å². The molecule has 1 N–H and O–H groups in total. The van der Waals surface area contributed by atoms with Gasteiger partial charge in [-0.2, -0.15) is 0 Å². The van der Waals surface area contributed by atoms with Gasteiger partial charge in [-0.05, 0) is 67.8 Å². The Bertz CT molecular complexity index is 1700. The van der Waals surface area contributed by atoms with Crippen LogP contribution in [0.25, 0.3) is 0 Å². The van der Waals surface area contributed by atoms with Crippen LogP contribution in [0.15, 0.2) is 108 Å². The van der Waals surface area contributed by atoms with Crippen molar-refractivity contribution in [1.29, 1.82) is 0 Å². The molecule has 0 saturated carbocycles. The van der Waals surface area contributed by atoms with Crippen LogP contribution < -0.4 is 9.62 Å². The largest absolute Gasteiger partial charge is 0.352 e. The molecule has 0 bridgehead atoms. The van der Waals surface area contributed by atoms with Crippen LogP contribution in [0.5, 0.6) is 0 Å². The molecule has 0 spiro atoms. The zero-order chi connectivity index (χ0) is 32.6. The van der Waals surface area contributed by atoms with E-state index in [2.05, 4.69) is 5.32 Å². The Hall–Kier alpha value is -3.85. The van der Waals surface area contributed by atoms with Gasteiger partial charge in [0, 0.05) is 19.0 Å². The number of nitrogens with zero attached hydrogens (tertiary/aromatic N) is 2. The van der Waals surface area contributed by atoms with Gasteiger partial charge in [0.2, 0.25) is 11.8 Å². The summed E-state index contributed by atoms with van der Waals surface area (Å²) >= 11 is 12.5. The molecule has 2 amide bonds. The van der Waals surface area contributed by atoms with Crippen molar-refractivity contribution in [2.75, 3.05) is 10.8 Å². The van der Waals surface area contributed by atoms with E-state index in [0.29, 0.717) is 27.7 Å². The molecule has 4 rings (SSSR count). The fourth-order valence-corrected chi connectivity index (χ4v) is 6.53. The molecule has 10 heteroatoms. The standard InChI is InChI=1S/C35H37Cl2N3O4S/c1-4-26(3)38-35(42)33(22-27-11-7-5-8-12-27)39(23-28-17-20-31(36)32(37)21-28)34(41)24-40(29-13-9-6-10-14-29)45(43,44)30-18-15-25(2)16-19-30/h5-21,26,33H,4,22-24H2,1-3H3,(H,38,42)/t26-,33+/m1/s1. The molecule has 0 fully saturated rings. The molecule has 2 atom stereocenters. The van der Waals surface area contributed by atoms with E-state index >= 15 is 0 Å². The summed E-state index contributed by atoms with van der Waals surface area (Å²) in [5.41, 5.74) is 2.71. The number of carbonyl (C=O) groups excluding carboxylic acids is 2. The second-order valence-corrected chi connectivity index (χ2v) is 13.6. The summed E-state index contributed by atoms with van der Waals surface area (Å²) in [6, 6.07) is 28.3. The van der Waals surface area contributed by atoms with E-state index in [4.69, 9.17) is 23.2 Å². The van der Waals surface area contributed by atoms with Gasteiger partial charge in [-0.15, -0.1) is 0 Å². The van der Waals surface area contributed by atoms with Gasteiger partial charge in [-0.3, -0.25) is 13.9 Å². The van der Waals surface area contributed by atoms with Gasteiger partial charge in [0.15, 0.2) is 0 Å². The van der Waals surface area contributed by atoms with Gasteiger partial charge >= 0.3 is 0 Å². The first-order chi connectivity index (χ1) is 21.5. The second kappa shape index (κ2) is 15.4. The van der Waals surface area contributed by atoms with Crippen LogP contribution in [-0.2, 0) is 32.6 Å². The van der Waals surface area contributed by atoms with E-state index in [9.17, 15) is 18.0 Å². The van der Waals surface area contributed by atoms with Crippen molar-refractivity contribution in [2.45, 2.75) is 57.1 Å². The fraction of sp³-hybridized carbons (Fsp3) is 0.257. The van der Waals surface area contributed by atoms with E-state index in [1.165, 1.54) is 17.0 Å². The van der Waals surface area contributed by atoms with Crippen molar-refractivity contribution in [3.05, 3.63) is 130 Å². The lowest BCUT2D eigenvalue weighted by atomic mass is 10.0. The molecule has 0 unspecified atom stereocenters. The first kappa shape index (κ1) is 34.0. The van der Waals surface area contributed by atoms with E-state index in [-0.39, 0.29) is 29.8 Å². The maximum absolute atomic E-state index is 14.5. The van der Waals surface area contributed by atoms with Crippen molar-refractivity contribution in [3.63, 3.8) is 0 Å². The Balaban J connectivity index is 1.80. The first-order valence-corrected chi connectivity index (χ1v) is 16.9. The summed E-state index contributed by atoms with van der Waals surface area (Å²) < 4.78 is 29.2. The van der Waals surface area contributed by atoms with Crippen molar-refractivity contribution in [3.8, 4) is 0 Å². The zero-order valence-electron chi connectivity index (χ0n) is 25.5. The number of rotatable bonds is 13. The number of para-hydroxylation sites is 1. The molecule has 45 heavy (non-hydrogen) atoms. The number of benzene rings is 4. The third-order valence-corrected chi connectivity index (χ3v) is 10.1. The molecule has 4 aromatic carbocycles. The molecule has 0 aliphatic heterocycles. The zero-order valence-corrected chi connectivity index (χ0v) is 27.8. The van der Waals surface area contributed by atoms with Crippen molar-refractivity contribution in [1.82, 2.24) is 10.2 Å². The second-order valence-electron chi connectivity index (χ2n) is 11.0. The van der Waals surface area contributed by atoms with Crippen molar-refractivity contribution >= 4 is 50.7 Å². The quantitative estimate of drug-likeness (QED) is 0.166. The molecular weight excluding hydrogens is 629 g/mol. The highest BCUT2D eigenvalue weighted by atomic mass is 35.5. The lowest BCUT2D eigenvalue weighted by Gasteiger charge is -2.34. The fourth-order valence-electron chi connectivity index (χ4n) is 4.79. The predicted molar refractivity (Wildman–Crippen MR) is 181 cm³/mol. The third kappa shape index (κ3) is 8.87. The van der Waals surface area contributed by atoms with Gasteiger partial charge in [0.05, 0.1) is 20.6 Å². The summed E-state index contributed by atoms with van der Waals surface area (Å²) in [4.78, 5) is 29.9. The Kier molecular flexibility index (Phi) is 11.7. The molecule has 0 radical (unpaired) electrons. The topological polar surface area (TPSA) is 86.8 Å². The molecule has 0 aliphatic rings. The molecule has 236 valence electrons. The van der Waals surface area contributed by atoms with Crippen molar-refractivity contribution in [2.24, 2.45) is 0 Å². The number of amides is 2. The van der Waals surface area contributed by atoms with Crippen molar-refractivity contribution < 1.29 is 18.0 Å². The molecule has 0 saturated heterocycles. The summed E-state index contributed by atoms with van der Waals surface area (Å²) in [5, 5.41) is 3.68. The molecule has 0 heterocycles. The molecule has 7 nitrogen and oxygen atoms in total. The highest BCUT2D eigenvalue weighted by Crippen LogP contribution is 2.27. The van der Waals surface area contributed by atoms with Crippen LogP contribution in [0, 0.1) is 6.92 Å². The lowest BCUT2D eigenvalue weighted by molar-refractivity contribution is -0.140. The van der Waals surface area contributed by atoms with E-state index in [1.54, 1.807) is 60.7 Å². The molecule has 4 aromatic rings. The normalized spacial score (nSPS) is 12.6. The van der Waals surface area contributed by atoms with Crippen LogP contribution in [-0.4, -0.2) is 43.8 Å². The molecule has 0 aromatic heterocycles. The SMILES string of the molecule is CC[C@@H](C)NC(=O)[C@H](Cc1ccccc1)N(Cc1ccc(Cl)c(Cl)c1)C(=O)CN(c1ccccc1)S(=O)(=O)c1ccc(C)cc1. The number of carbonyl (C=O) groups is 2. The smallest absolute Gasteiger partial charge is 0.264 e. The maximum atomic E-state index is 14.5. The third-order valence-electron chi connectivity index (χ3n) is 7.54. The Morgan fingerprint density at radius 2 is 1.44 bits per heavy atom. The maximum Gasteiger partial charge on any atom is 0.264 e. The van der Waals surface area contributed by atoms with Crippen LogP contribution in [0.1, 0.15) is 37.0 Å². The monoisotopic (exact) mass is 665 g/mol. The minimum absolute atomic E-state index is 0.00560. The summed E-state index contributed by atoms with van der Waals surface area (Å²) in [7, 11) is -4.17. The van der Waals surface area contributed by atoms with Gasteiger partial charge in [0.25, 0.3) is 10.0 Å². The van der Waals surface area contributed by atoms with Gasteiger partial charge < -0.3 is 10.2 Å². The van der Waals surface area contributed by atoms with Gasteiger partial charge in [-0.1, -0.05) is 102 Å². The number of anilines is 1. The van der Waals surface area contributed by atoms with Crippen LogP contribution >= 0.6 is 23.2 Å². The number of sulfonamides is 1. The Morgan fingerprint density at radius 3 is 2.04 bits per heavy atom. The van der Waals surface area contributed by atoms with E-state index < -0.39 is 28.5 Å². The predicted octanol–water partition coefficient (Wildman–Crippen LogP) is 7.05. The highest BCUT2D eigenvalue weighted by Gasteiger charge is 2.35. The minimum atomic E-state index is -4.17. The summed E-state index contributed by atoms with van der Waals surface area (Å²) in [6.07, 6.45) is 0.910. The number of hydrogen-bond donors (Lipinski definition) is 1. The van der Waals surface area contributed by atoms with E-state index in [1.807, 2.05) is 51.1 Å². The summed E-state index contributed by atoms with van der Waals surface area (Å²) in [5.74, 6) is -0.893. The average molecular weight is 667 g/mol. The van der Waals surface area contributed by atoms with Crippen LogP contribution in [0.3, 0.4) is 0 Å². The number of nitrogens with one attached hydrogen (secondary N) is 1. The lowest BCUT2D eigenvalue weighted by Crippen LogP contribution is -2.54. The molecule has 0 aliphatic carbocycles. The first-order valence-electron chi connectivity index (χ1n) is 14.7. The Labute approximate surface area is 275 Å². The number of hydrogen-bond acceptors (Lipinski definition) is 4.